The summed E-state index contributed by atoms with van der Waals surface area (Å²) in [6.45, 7) is 2.02. The molecule has 0 radical (unpaired) electrons. The van der Waals surface area contributed by atoms with E-state index in [0.29, 0.717) is 0 Å². The van der Waals surface area contributed by atoms with Gasteiger partial charge in [0.05, 0.1) is 12.5 Å². The molecule has 0 saturated heterocycles. The van der Waals surface area contributed by atoms with Crippen LogP contribution in [-0.2, 0) is 4.79 Å². The average Bonchev–Trinajstić information content (AvgIpc) is 2.42. The molecule has 1 atom stereocenters. The molecular weight excluding hydrogens is 278 g/mol. The van der Waals surface area contributed by atoms with E-state index >= 15 is 0 Å². The lowest BCUT2D eigenvalue weighted by molar-refractivity contribution is -0.138. The number of carboxylic acid groups (broad SMARTS) is 1. The van der Waals surface area contributed by atoms with Crippen molar-refractivity contribution in [3.63, 3.8) is 0 Å². The van der Waals surface area contributed by atoms with Gasteiger partial charge in [-0.3, -0.25) is 4.79 Å². The Balaban J connectivity index is 2.93. The molecule has 0 spiro atoms. The lowest BCUT2D eigenvalue weighted by Crippen LogP contribution is -2.21. The molecule has 0 aliphatic rings. The fourth-order valence-corrected chi connectivity index (χ4v) is 3.11. The summed E-state index contributed by atoms with van der Waals surface area (Å²) in [7, 11) is 3.80. The second kappa shape index (κ2) is 5.09. The molecule has 1 aromatic heterocycles. The number of hydrogen-bond acceptors (Lipinski definition) is 3. The molecule has 1 N–H and O–H groups in total. The Labute approximate surface area is 102 Å². The Bertz CT molecular complexity index is 343. The summed E-state index contributed by atoms with van der Waals surface area (Å²) < 4.78 is 1.06. The van der Waals surface area contributed by atoms with Gasteiger partial charge in [0.25, 0.3) is 0 Å². The van der Waals surface area contributed by atoms with Crippen LogP contribution in [0.15, 0.2) is 10.5 Å². The Morgan fingerprint density at radius 2 is 2.27 bits per heavy atom. The molecule has 1 aromatic rings. The Morgan fingerprint density at radius 1 is 1.67 bits per heavy atom. The molecular formula is C10H14BrNO2S. The fraction of sp³-hybridized carbons (Fsp3) is 0.500. The largest absolute Gasteiger partial charge is 0.481 e. The molecule has 3 nitrogen and oxygen atoms in total. The molecule has 0 aromatic carbocycles. The fourth-order valence-electron chi connectivity index (χ4n) is 1.35. The normalized spacial score (nSPS) is 13.1. The highest BCUT2D eigenvalue weighted by molar-refractivity contribution is 9.10. The summed E-state index contributed by atoms with van der Waals surface area (Å²) in [5, 5.41) is 8.84. The third-order valence-corrected chi connectivity index (χ3v) is 4.43. The van der Waals surface area contributed by atoms with Gasteiger partial charge in [0.2, 0.25) is 0 Å². The van der Waals surface area contributed by atoms with E-state index in [1.54, 1.807) is 11.3 Å². The maximum Gasteiger partial charge on any atom is 0.305 e. The van der Waals surface area contributed by atoms with Crippen LogP contribution in [0.4, 0.5) is 0 Å². The number of thiophene rings is 1. The maximum absolute atomic E-state index is 10.7. The summed E-state index contributed by atoms with van der Waals surface area (Å²) in [6.07, 6.45) is 0.138. The zero-order valence-electron chi connectivity index (χ0n) is 8.95. The molecule has 0 aliphatic carbocycles. The van der Waals surface area contributed by atoms with Crippen molar-refractivity contribution >= 4 is 33.2 Å². The summed E-state index contributed by atoms with van der Waals surface area (Å²) in [4.78, 5) is 15.0. The smallest absolute Gasteiger partial charge is 0.305 e. The predicted molar refractivity (Wildman–Crippen MR) is 65.4 cm³/mol. The van der Waals surface area contributed by atoms with Crippen LogP contribution >= 0.6 is 27.3 Å². The molecule has 0 amide bonds. The lowest BCUT2D eigenvalue weighted by Gasteiger charge is -2.21. The topological polar surface area (TPSA) is 40.5 Å². The molecule has 1 rings (SSSR count). The van der Waals surface area contributed by atoms with Gasteiger partial charge in [0, 0.05) is 14.2 Å². The lowest BCUT2D eigenvalue weighted by atomic mass is 10.1. The van der Waals surface area contributed by atoms with Gasteiger partial charge in [0.15, 0.2) is 0 Å². The van der Waals surface area contributed by atoms with Gasteiger partial charge in [-0.05, 0) is 43.0 Å². The molecule has 1 unspecified atom stereocenters. The summed E-state index contributed by atoms with van der Waals surface area (Å²) in [5.41, 5.74) is 0. The quantitative estimate of drug-likeness (QED) is 0.927. The third kappa shape index (κ3) is 3.29. The number of rotatable bonds is 4. The maximum atomic E-state index is 10.7. The van der Waals surface area contributed by atoms with Crippen molar-refractivity contribution in [1.82, 2.24) is 4.90 Å². The Kier molecular flexibility index (Phi) is 4.31. The number of hydrogen-bond donors (Lipinski definition) is 1. The highest BCUT2D eigenvalue weighted by Crippen LogP contribution is 2.34. The van der Waals surface area contributed by atoms with Crippen LogP contribution in [0, 0.1) is 6.92 Å². The number of halogens is 1. The van der Waals surface area contributed by atoms with Crippen LogP contribution < -0.4 is 0 Å². The van der Waals surface area contributed by atoms with E-state index in [9.17, 15) is 4.79 Å². The third-order valence-electron chi connectivity index (χ3n) is 2.20. The first kappa shape index (κ1) is 12.7. The van der Waals surface area contributed by atoms with Gasteiger partial charge in [0.1, 0.15) is 0 Å². The number of aryl methyl sites for hydroxylation is 1. The average molecular weight is 292 g/mol. The number of carboxylic acids is 1. The van der Waals surface area contributed by atoms with Crippen molar-refractivity contribution in [3.05, 3.63) is 20.3 Å². The van der Waals surface area contributed by atoms with Crippen molar-refractivity contribution in [2.75, 3.05) is 14.1 Å². The summed E-state index contributed by atoms with van der Waals surface area (Å²) >= 11 is 5.09. The number of nitrogens with zero attached hydrogens (tertiary/aromatic N) is 1. The van der Waals surface area contributed by atoms with Crippen molar-refractivity contribution in [1.29, 1.82) is 0 Å². The van der Waals surface area contributed by atoms with Crippen LogP contribution in [-0.4, -0.2) is 30.1 Å². The highest BCUT2D eigenvalue weighted by Gasteiger charge is 2.20. The van der Waals surface area contributed by atoms with E-state index in [4.69, 9.17) is 5.11 Å². The van der Waals surface area contributed by atoms with Crippen LogP contribution in [0.3, 0.4) is 0 Å². The molecule has 15 heavy (non-hydrogen) atoms. The van der Waals surface area contributed by atoms with E-state index in [0.717, 1.165) is 9.35 Å². The molecule has 0 saturated carbocycles. The van der Waals surface area contributed by atoms with Gasteiger partial charge in [-0.15, -0.1) is 11.3 Å². The molecule has 0 fully saturated rings. The standard InChI is InChI=1S/C10H14BrNO2S/c1-6-7(11)4-9(15-6)8(12(2)3)5-10(13)14/h4,8H,5H2,1-3H3,(H,13,14). The van der Waals surface area contributed by atoms with Crippen LogP contribution in [0.1, 0.15) is 22.2 Å². The minimum atomic E-state index is -0.768. The zero-order chi connectivity index (χ0) is 11.6. The van der Waals surface area contributed by atoms with E-state index in [1.165, 1.54) is 4.88 Å². The SMILES string of the molecule is Cc1sc(C(CC(=O)O)N(C)C)cc1Br. The van der Waals surface area contributed by atoms with Crippen LogP contribution in [0.5, 0.6) is 0 Å². The van der Waals surface area contributed by atoms with Gasteiger partial charge in [-0.2, -0.15) is 0 Å². The Hall–Kier alpha value is -0.390. The Morgan fingerprint density at radius 3 is 2.60 bits per heavy atom. The van der Waals surface area contributed by atoms with Crippen molar-refractivity contribution in [2.45, 2.75) is 19.4 Å². The van der Waals surface area contributed by atoms with E-state index < -0.39 is 5.97 Å². The number of aliphatic carboxylic acids is 1. The monoisotopic (exact) mass is 291 g/mol. The second-order valence-corrected chi connectivity index (χ2v) is 5.77. The minimum Gasteiger partial charge on any atom is -0.481 e. The second-order valence-electron chi connectivity index (χ2n) is 3.63. The van der Waals surface area contributed by atoms with Crippen molar-refractivity contribution < 1.29 is 9.90 Å². The van der Waals surface area contributed by atoms with E-state index in [2.05, 4.69) is 15.9 Å². The first-order valence-corrected chi connectivity index (χ1v) is 6.16. The highest BCUT2D eigenvalue weighted by atomic mass is 79.9. The van der Waals surface area contributed by atoms with Crippen molar-refractivity contribution in [3.8, 4) is 0 Å². The molecule has 0 aliphatic heterocycles. The van der Waals surface area contributed by atoms with Crippen LogP contribution in [0.2, 0.25) is 0 Å². The van der Waals surface area contributed by atoms with Gasteiger partial charge in [-0.25, -0.2) is 0 Å². The molecule has 1 heterocycles. The van der Waals surface area contributed by atoms with Crippen LogP contribution in [0.25, 0.3) is 0 Å². The van der Waals surface area contributed by atoms with E-state index in [-0.39, 0.29) is 12.5 Å². The predicted octanol–water partition coefficient (Wildman–Crippen LogP) is 2.90. The molecule has 84 valence electrons. The van der Waals surface area contributed by atoms with E-state index in [1.807, 2.05) is 32.0 Å². The molecule has 5 heteroatoms. The van der Waals surface area contributed by atoms with Gasteiger partial charge < -0.3 is 10.0 Å². The van der Waals surface area contributed by atoms with Crippen molar-refractivity contribution in [2.24, 2.45) is 0 Å². The summed E-state index contributed by atoms with van der Waals surface area (Å²) in [6, 6.07) is 1.96. The van der Waals surface area contributed by atoms with Gasteiger partial charge >= 0.3 is 5.97 Å². The van der Waals surface area contributed by atoms with Gasteiger partial charge in [-0.1, -0.05) is 0 Å². The molecule has 0 bridgehead atoms. The number of carbonyl (C=O) groups is 1. The first-order chi connectivity index (χ1) is 6.91. The first-order valence-electron chi connectivity index (χ1n) is 4.56. The minimum absolute atomic E-state index is 0.0440. The zero-order valence-corrected chi connectivity index (χ0v) is 11.4. The summed E-state index contributed by atoms with van der Waals surface area (Å²) in [5.74, 6) is -0.768.